The Morgan fingerprint density at radius 3 is 2.38 bits per heavy atom. The lowest BCUT2D eigenvalue weighted by atomic mass is 9.95. The van der Waals surface area contributed by atoms with E-state index in [1.165, 1.54) is 11.6 Å². The minimum atomic E-state index is -0.774. The standard InChI is InChI=1S/C30H33FN2O4/c1-36-27-11-12-28(31)29(19-27)32-15-13-26(14-16-32)37-25-9-7-23(8-10-25)33-20-22(17-24(33)18-30(34)35)21-5-3-2-4-6-21/h2-12,19,22,24,26H,13-18,20H2,1H3,(H,34,35)/t22-,24+/m0/s1. The Bertz CT molecular complexity index is 1200. The van der Waals surface area contributed by atoms with E-state index >= 15 is 0 Å². The van der Waals surface area contributed by atoms with E-state index in [0.29, 0.717) is 30.4 Å². The van der Waals surface area contributed by atoms with E-state index in [4.69, 9.17) is 9.47 Å². The zero-order chi connectivity index (χ0) is 25.8. The van der Waals surface area contributed by atoms with Crippen molar-refractivity contribution in [3.63, 3.8) is 0 Å². The van der Waals surface area contributed by atoms with Gasteiger partial charge in [-0.05, 0) is 48.4 Å². The van der Waals surface area contributed by atoms with Crippen molar-refractivity contribution in [3.05, 3.63) is 84.2 Å². The summed E-state index contributed by atoms with van der Waals surface area (Å²) in [5, 5.41) is 9.48. The molecule has 3 aromatic carbocycles. The third-order valence-corrected chi connectivity index (χ3v) is 7.50. The Labute approximate surface area is 217 Å². The maximum absolute atomic E-state index is 14.4. The summed E-state index contributed by atoms with van der Waals surface area (Å²) in [5.41, 5.74) is 2.83. The first-order chi connectivity index (χ1) is 18.0. The monoisotopic (exact) mass is 504 g/mol. The van der Waals surface area contributed by atoms with Crippen molar-refractivity contribution in [1.82, 2.24) is 0 Å². The van der Waals surface area contributed by atoms with E-state index < -0.39 is 5.97 Å². The van der Waals surface area contributed by atoms with Crippen LogP contribution in [0.15, 0.2) is 72.8 Å². The van der Waals surface area contributed by atoms with Crippen LogP contribution in [0.5, 0.6) is 11.5 Å². The first-order valence-electron chi connectivity index (χ1n) is 12.9. The molecule has 0 radical (unpaired) electrons. The number of carbonyl (C=O) groups is 1. The molecule has 7 heteroatoms. The van der Waals surface area contributed by atoms with E-state index in [1.54, 1.807) is 19.2 Å². The van der Waals surface area contributed by atoms with Gasteiger partial charge in [-0.3, -0.25) is 4.79 Å². The van der Waals surface area contributed by atoms with Crippen LogP contribution in [0.3, 0.4) is 0 Å². The number of ether oxygens (including phenoxy) is 2. The SMILES string of the molecule is COc1ccc(F)c(N2CCC(Oc3ccc(N4C[C@@H](c5ccccc5)C[C@@H]4CC(=O)O)cc3)CC2)c1. The number of rotatable bonds is 8. The molecule has 2 heterocycles. The Morgan fingerprint density at radius 2 is 1.70 bits per heavy atom. The third kappa shape index (κ3) is 5.82. The van der Waals surface area contributed by atoms with Crippen molar-refractivity contribution in [2.75, 3.05) is 36.5 Å². The van der Waals surface area contributed by atoms with Crippen molar-refractivity contribution in [1.29, 1.82) is 0 Å². The molecule has 3 aromatic rings. The number of methoxy groups -OCH3 is 1. The van der Waals surface area contributed by atoms with Crippen molar-refractivity contribution in [3.8, 4) is 11.5 Å². The Morgan fingerprint density at radius 1 is 1.00 bits per heavy atom. The van der Waals surface area contributed by atoms with Gasteiger partial charge < -0.3 is 24.4 Å². The summed E-state index contributed by atoms with van der Waals surface area (Å²) in [7, 11) is 1.58. The van der Waals surface area contributed by atoms with Gasteiger partial charge in [0.05, 0.1) is 19.2 Å². The number of aliphatic carboxylic acids is 1. The molecule has 1 N–H and O–H groups in total. The molecule has 194 valence electrons. The van der Waals surface area contributed by atoms with Gasteiger partial charge in [-0.15, -0.1) is 0 Å². The van der Waals surface area contributed by atoms with Crippen LogP contribution in [0, 0.1) is 5.82 Å². The number of hydrogen-bond donors (Lipinski definition) is 1. The molecule has 5 rings (SSSR count). The van der Waals surface area contributed by atoms with Crippen molar-refractivity contribution < 1.29 is 23.8 Å². The second kappa shape index (κ2) is 11.1. The van der Waals surface area contributed by atoms with Crippen LogP contribution < -0.4 is 19.3 Å². The molecule has 2 aliphatic rings. The maximum Gasteiger partial charge on any atom is 0.305 e. The Hall–Kier alpha value is -3.74. The summed E-state index contributed by atoms with van der Waals surface area (Å²) in [5.74, 6) is 0.732. The lowest BCUT2D eigenvalue weighted by molar-refractivity contribution is -0.137. The van der Waals surface area contributed by atoms with Gasteiger partial charge in [0.15, 0.2) is 0 Å². The Kier molecular flexibility index (Phi) is 7.49. The molecule has 0 saturated carbocycles. The fourth-order valence-corrected chi connectivity index (χ4v) is 5.58. The van der Waals surface area contributed by atoms with Gasteiger partial charge in [0.1, 0.15) is 23.4 Å². The normalized spacial score (nSPS) is 20.2. The fraction of sp³-hybridized carbons (Fsp3) is 0.367. The lowest BCUT2D eigenvalue weighted by Gasteiger charge is -2.34. The molecule has 2 saturated heterocycles. The molecule has 0 amide bonds. The van der Waals surface area contributed by atoms with Crippen LogP contribution in [-0.4, -0.2) is 50.0 Å². The van der Waals surface area contributed by atoms with Crippen molar-refractivity contribution in [2.24, 2.45) is 0 Å². The molecular formula is C30H33FN2O4. The molecule has 0 aromatic heterocycles. The number of hydrogen-bond acceptors (Lipinski definition) is 5. The highest BCUT2D eigenvalue weighted by Gasteiger charge is 2.34. The fourth-order valence-electron chi connectivity index (χ4n) is 5.58. The summed E-state index contributed by atoms with van der Waals surface area (Å²) >= 11 is 0. The van der Waals surface area contributed by atoms with Crippen molar-refractivity contribution in [2.45, 2.75) is 43.7 Å². The number of carboxylic acids is 1. The number of piperidine rings is 1. The highest BCUT2D eigenvalue weighted by molar-refractivity contribution is 5.69. The highest BCUT2D eigenvalue weighted by Crippen LogP contribution is 2.37. The van der Waals surface area contributed by atoms with Gasteiger partial charge in [0.25, 0.3) is 0 Å². The van der Waals surface area contributed by atoms with Gasteiger partial charge in [-0.25, -0.2) is 4.39 Å². The zero-order valence-corrected chi connectivity index (χ0v) is 21.1. The number of anilines is 2. The summed E-state index contributed by atoms with van der Waals surface area (Å²) in [6.45, 7) is 2.21. The molecule has 0 unspecified atom stereocenters. The molecule has 37 heavy (non-hydrogen) atoms. The van der Waals surface area contributed by atoms with Crippen LogP contribution in [0.1, 0.15) is 37.2 Å². The second-order valence-electron chi connectivity index (χ2n) is 9.86. The molecule has 0 aliphatic carbocycles. The van der Waals surface area contributed by atoms with E-state index in [2.05, 4.69) is 17.0 Å². The molecular weight excluding hydrogens is 471 g/mol. The first-order valence-corrected chi connectivity index (χ1v) is 12.9. The summed E-state index contributed by atoms with van der Waals surface area (Å²) < 4.78 is 25.9. The van der Waals surface area contributed by atoms with Crippen LogP contribution in [-0.2, 0) is 4.79 Å². The van der Waals surface area contributed by atoms with Gasteiger partial charge in [-0.1, -0.05) is 30.3 Å². The number of nitrogens with zero attached hydrogens (tertiary/aromatic N) is 2. The van der Waals surface area contributed by atoms with Gasteiger partial charge in [0, 0.05) is 56.2 Å². The lowest BCUT2D eigenvalue weighted by Crippen LogP contribution is -2.38. The minimum absolute atomic E-state index is 0.0455. The summed E-state index contributed by atoms with van der Waals surface area (Å²) in [4.78, 5) is 15.8. The molecule has 2 atom stereocenters. The average Bonchev–Trinajstić information content (AvgIpc) is 3.33. The van der Waals surface area contributed by atoms with Crippen LogP contribution in [0.25, 0.3) is 0 Å². The second-order valence-corrected chi connectivity index (χ2v) is 9.86. The third-order valence-electron chi connectivity index (χ3n) is 7.50. The van der Waals surface area contributed by atoms with E-state index in [9.17, 15) is 14.3 Å². The summed E-state index contributed by atoms with van der Waals surface area (Å²) in [6.07, 6.45) is 2.59. The topological polar surface area (TPSA) is 62.2 Å². The largest absolute Gasteiger partial charge is 0.497 e. The molecule has 0 bridgehead atoms. The number of benzene rings is 3. The number of halogens is 1. The first kappa shape index (κ1) is 24.9. The number of carboxylic acid groups (broad SMARTS) is 1. The zero-order valence-electron chi connectivity index (χ0n) is 21.1. The van der Waals surface area contributed by atoms with Crippen LogP contribution >= 0.6 is 0 Å². The predicted octanol–water partition coefficient (Wildman–Crippen LogP) is 5.72. The van der Waals surface area contributed by atoms with E-state index in [1.807, 2.05) is 47.4 Å². The molecule has 2 aliphatic heterocycles. The molecule has 0 spiro atoms. The van der Waals surface area contributed by atoms with Crippen molar-refractivity contribution >= 4 is 17.3 Å². The summed E-state index contributed by atoms with van der Waals surface area (Å²) in [6, 6.07) is 23.1. The molecule has 6 nitrogen and oxygen atoms in total. The van der Waals surface area contributed by atoms with Gasteiger partial charge >= 0.3 is 5.97 Å². The van der Waals surface area contributed by atoms with Crippen LogP contribution in [0.2, 0.25) is 0 Å². The van der Waals surface area contributed by atoms with E-state index in [-0.39, 0.29) is 24.4 Å². The van der Waals surface area contributed by atoms with Gasteiger partial charge in [-0.2, -0.15) is 0 Å². The molecule has 2 fully saturated rings. The average molecular weight is 505 g/mol. The quantitative estimate of drug-likeness (QED) is 0.423. The minimum Gasteiger partial charge on any atom is -0.497 e. The highest BCUT2D eigenvalue weighted by atomic mass is 19.1. The predicted molar refractivity (Wildman–Crippen MR) is 142 cm³/mol. The Balaban J connectivity index is 1.20. The van der Waals surface area contributed by atoms with E-state index in [0.717, 1.165) is 37.2 Å². The maximum atomic E-state index is 14.4. The van der Waals surface area contributed by atoms with Crippen LogP contribution in [0.4, 0.5) is 15.8 Å². The smallest absolute Gasteiger partial charge is 0.305 e. The van der Waals surface area contributed by atoms with Gasteiger partial charge in [0.2, 0.25) is 0 Å².